The zero-order valence-electron chi connectivity index (χ0n) is 32.8. The fourth-order valence-corrected chi connectivity index (χ4v) is 5.90. The van der Waals surface area contributed by atoms with E-state index in [1.165, 1.54) is 12.0 Å². The van der Waals surface area contributed by atoms with Gasteiger partial charge in [0.2, 0.25) is 11.8 Å². The summed E-state index contributed by atoms with van der Waals surface area (Å²) in [5.74, 6) is 0.227. The Bertz CT molecular complexity index is 1500. The van der Waals surface area contributed by atoms with Gasteiger partial charge in [0, 0.05) is 43.0 Å². The molecule has 2 fully saturated rings. The minimum atomic E-state index is -0.599. The normalized spacial score (nSPS) is 16.7. The fraction of sp³-hybridized carbons (Fsp3) is 0.575. The molecule has 2 aromatic rings. The Morgan fingerprint density at radius 2 is 1.52 bits per heavy atom. The molecule has 4 rings (SSSR count). The summed E-state index contributed by atoms with van der Waals surface area (Å²) in [6.07, 6.45) is 4.68. The number of amides is 4. The maximum absolute atomic E-state index is 12.6. The second-order valence-corrected chi connectivity index (χ2v) is 15.3. The zero-order chi connectivity index (χ0) is 39.7. The second-order valence-electron chi connectivity index (χ2n) is 15.3. The summed E-state index contributed by atoms with van der Waals surface area (Å²) < 4.78 is 15.7. The van der Waals surface area contributed by atoms with Gasteiger partial charge < -0.3 is 50.5 Å². The lowest BCUT2D eigenvalue weighted by atomic mass is 9.94. The van der Waals surface area contributed by atoms with Crippen molar-refractivity contribution in [2.24, 2.45) is 11.7 Å². The van der Waals surface area contributed by atoms with Gasteiger partial charge in [0.05, 0.1) is 38.8 Å². The number of likely N-dealkylation sites (tertiary alicyclic amines) is 1. The molecule has 1 atom stereocenters. The van der Waals surface area contributed by atoms with E-state index in [4.69, 9.17) is 15.2 Å². The average molecular weight is 753 g/mol. The highest BCUT2D eigenvalue weighted by Gasteiger charge is 2.27. The number of methoxy groups -OCH3 is 1. The third-order valence-corrected chi connectivity index (χ3v) is 9.26. The Morgan fingerprint density at radius 3 is 2.07 bits per heavy atom. The van der Waals surface area contributed by atoms with Crippen molar-refractivity contribution < 1.29 is 38.2 Å². The number of urea groups is 1. The number of rotatable bonds is 15. The molecular formula is C40H60N6O8. The number of benzene rings is 2. The molecule has 5 N–H and O–H groups in total. The molecule has 0 radical (unpaired) electrons. The van der Waals surface area contributed by atoms with E-state index in [0.717, 1.165) is 43.3 Å². The summed E-state index contributed by atoms with van der Waals surface area (Å²) >= 11 is 0. The molecule has 14 heteroatoms. The van der Waals surface area contributed by atoms with Gasteiger partial charge >= 0.3 is 12.0 Å². The van der Waals surface area contributed by atoms with Crippen molar-refractivity contribution in [1.29, 1.82) is 0 Å². The van der Waals surface area contributed by atoms with Crippen LogP contribution in [0.4, 0.5) is 16.2 Å². The Labute approximate surface area is 319 Å². The van der Waals surface area contributed by atoms with Gasteiger partial charge in [-0.05, 0) is 108 Å². The number of morpholine rings is 1. The summed E-state index contributed by atoms with van der Waals surface area (Å²) in [7, 11) is 3.58. The summed E-state index contributed by atoms with van der Waals surface area (Å²) in [5, 5.41) is 8.45. The molecule has 2 aromatic carbocycles. The van der Waals surface area contributed by atoms with Gasteiger partial charge in [0.25, 0.3) is 0 Å². The molecule has 2 heterocycles. The number of nitrogens with one attached hydrogen (secondary N) is 3. The number of esters is 1. The number of carbonyl (C=O) groups excluding carboxylic acids is 5. The molecule has 0 spiro atoms. The third kappa shape index (κ3) is 16.8. The maximum Gasteiger partial charge on any atom is 0.323 e. The van der Waals surface area contributed by atoms with E-state index in [-0.39, 0.29) is 42.8 Å². The Balaban J connectivity index is 0.000000553. The number of piperidine rings is 1. The first-order valence-corrected chi connectivity index (χ1v) is 18.6. The molecule has 2 saturated heterocycles. The standard InChI is InChI=1S/C31H43N5O6.C9H17NO2/c1-30(2,32)13-15-42-31(3,4)18-27(38)33-19-23-7-11-25(12-8-23)35-29(40)34-24-9-5-22(6-10-24)17-28(39)36-14-16-41-21-26(36)20-37;1-10-5-3-8(4-6-10)7-9(11)12-2/h5-12,20,26H,13-19,21,32H2,1-4H3,(H,33,38)(H2,34,35,40);8H,3-7H2,1-2H3. The van der Waals surface area contributed by atoms with Crippen molar-refractivity contribution in [1.82, 2.24) is 15.1 Å². The van der Waals surface area contributed by atoms with E-state index in [0.29, 0.717) is 56.4 Å². The fourth-order valence-electron chi connectivity index (χ4n) is 5.90. The van der Waals surface area contributed by atoms with Crippen molar-refractivity contribution in [3.8, 4) is 0 Å². The Morgan fingerprint density at radius 1 is 0.926 bits per heavy atom. The SMILES string of the molecule is CC(C)(N)CCOC(C)(C)CC(=O)NCc1ccc(NC(=O)Nc2ccc(CC(=O)N3CCOCC3C=O)cc2)cc1.COC(=O)CC1CCN(C)CC1. The van der Waals surface area contributed by atoms with Gasteiger partial charge in [-0.1, -0.05) is 24.3 Å². The van der Waals surface area contributed by atoms with Crippen molar-refractivity contribution in [3.63, 3.8) is 0 Å². The lowest BCUT2D eigenvalue weighted by molar-refractivity contribution is -0.142. The Hall–Kier alpha value is -4.37. The van der Waals surface area contributed by atoms with E-state index in [1.54, 1.807) is 36.4 Å². The maximum atomic E-state index is 12.6. The minimum Gasteiger partial charge on any atom is -0.469 e. The third-order valence-electron chi connectivity index (χ3n) is 9.26. The zero-order valence-corrected chi connectivity index (χ0v) is 32.8. The van der Waals surface area contributed by atoms with Crippen molar-refractivity contribution >= 4 is 41.5 Å². The van der Waals surface area contributed by atoms with Gasteiger partial charge in [0.1, 0.15) is 12.3 Å². The molecule has 2 aliphatic heterocycles. The molecule has 4 amide bonds. The highest BCUT2D eigenvalue weighted by Crippen LogP contribution is 2.20. The molecule has 54 heavy (non-hydrogen) atoms. The number of hydrogen-bond acceptors (Lipinski definition) is 10. The minimum absolute atomic E-state index is 0.0652. The van der Waals surface area contributed by atoms with Crippen LogP contribution in [0.3, 0.4) is 0 Å². The van der Waals surface area contributed by atoms with Crippen LogP contribution < -0.4 is 21.7 Å². The number of aldehydes is 1. The number of nitrogens with zero attached hydrogens (tertiary/aromatic N) is 2. The van der Waals surface area contributed by atoms with Gasteiger partial charge in [-0.3, -0.25) is 14.4 Å². The summed E-state index contributed by atoms with van der Waals surface area (Å²) in [5.41, 5.74) is 7.90. The highest BCUT2D eigenvalue weighted by atomic mass is 16.5. The largest absolute Gasteiger partial charge is 0.469 e. The number of nitrogens with two attached hydrogens (primary N) is 1. The molecular weight excluding hydrogens is 692 g/mol. The molecule has 2 aliphatic rings. The van der Waals surface area contributed by atoms with Crippen molar-refractivity contribution in [2.75, 3.05) is 64.2 Å². The number of hydrogen-bond donors (Lipinski definition) is 4. The van der Waals surface area contributed by atoms with Crippen LogP contribution in [0.25, 0.3) is 0 Å². The van der Waals surface area contributed by atoms with Gasteiger partial charge in [-0.25, -0.2) is 4.79 Å². The molecule has 0 bridgehead atoms. The number of carbonyl (C=O) groups is 5. The van der Waals surface area contributed by atoms with Gasteiger partial charge in [-0.15, -0.1) is 0 Å². The van der Waals surface area contributed by atoms with Crippen LogP contribution in [-0.2, 0) is 46.4 Å². The van der Waals surface area contributed by atoms with E-state index in [2.05, 4.69) is 32.6 Å². The van der Waals surface area contributed by atoms with Gasteiger partial charge in [-0.2, -0.15) is 0 Å². The van der Waals surface area contributed by atoms with E-state index < -0.39 is 17.7 Å². The first-order valence-electron chi connectivity index (χ1n) is 18.6. The number of anilines is 2. The molecule has 0 aromatic heterocycles. The van der Waals surface area contributed by atoms with Crippen LogP contribution in [0, 0.1) is 5.92 Å². The lowest BCUT2D eigenvalue weighted by Gasteiger charge is -2.32. The quantitative estimate of drug-likeness (QED) is 0.153. The predicted molar refractivity (Wildman–Crippen MR) is 208 cm³/mol. The van der Waals surface area contributed by atoms with E-state index in [9.17, 15) is 24.0 Å². The van der Waals surface area contributed by atoms with Crippen LogP contribution >= 0.6 is 0 Å². The number of ether oxygens (including phenoxy) is 3. The monoisotopic (exact) mass is 752 g/mol. The van der Waals surface area contributed by atoms with Crippen LogP contribution in [0.1, 0.15) is 70.9 Å². The first kappa shape index (κ1) is 44.0. The molecule has 1 unspecified atom stereocenters. The van der Waals surface area contributed by atoms with E-state index in [1.807, 2.05) is 39.8 Å². The molecule has 14 nitrogen and oxygen atoms in total. The van der Waals surface area contributed by atoms with Crippen molar-refractivity contribution in [3.05, 3.63) is 59.7 Å². The Kier molecular flexibility index (Phi) is 17.5. The molecule has 0 aliphatic carbocycles. The summed E-state index contributed by atoms with van der Waals surface area (Å²) in [6.45, 7) is 11.7. The predicted octanol–water partition coefficient (Wildman–Crippen LogP) is 4.12. The summed E-state index contributed by atoms with van der Waals surface area (Å²) in [6, 6.07) is 13.2. The first-order chi connectivity index (χ1) is 25.6. The summed E-state index contributed by atoms with van der Waals surface area (Å²) in [4.78, 5) is 63.5. The van der Waals surface area contributed by atoms with Crippen LogP contribution in [0.2, 0.25) is 0 Å². The second kappa shape index (κ2) is 21.5. The molecule has 0 saturated carbocycles. The van der Waals surface area contributed by atoms with Crippen molar-refractivity contribution in [2.45, 2.75) is 89.9 Å². The van der Waals surface area contributed by atoms with E-state index >= 15 is 0 Å². The van der Waals surface area contributed by atoms with Crippen LogP contribution in [0.15, 0.2) is 48.5 Å². The highest BCUT2D eigenvalue weighted by molar-refractivity contribution is 5.99. The van der Waals surface area contributed by atoms with Gasteiger partial charge in [0.15, 0.2) is 0 Å². The van der Waals surface area contributed by atoms with Crippen LogP contribution in [0.5, 0.6) is 0 Å². The lowest BCUT2D eigenvalue weighted by Crippen LogP contribution is -2.50. The average Bonchev–Trinajstić information content (AvgIpc) is 3.12. The topological polar surface area (TPSA) is 182 Å². The molecule has 298 valence electrons. The smallest absolute Gasteiger partial charge is 0.323 e. The van der Waals surface area contributed by atoms with Crippen LogP contribution in [-0.4, -0.2) is 111 Å².